The van der Waals surface area contributed by atoms with Crippen molar-refractivity contribution in [3.63, 3.8) is 0 Å². The van der Waals surface area contributed by atoms with Crippen molar-refractivity contribution in [1.29, 1.82) is 0 Å². The quantitative estimate of drug-likeness (QED) is 0.815. The summed E-state index contributed by atoms with van der Waals surface area (Å²) >= 11 is 0. The summed E-state index contributed by atoms with van der Waals surface area (Å²) < 4.78 is 1.96. The predicted molar refractivity (Wildman–Crippen MR) is 76.6 cm³/mol. The van der Waals surface area contributed by atoms with Crippen LogP contribution in [0.1, 0.15) is 45.4 Å². The maximum atomic E-state index is 11.1. The smallest absolute Gasteiger partial charge is 0.220 e. The van der Waals surface area contributed by atoms with Gasteiger partial charge in [0.1, 0.15) is 12.2 Å². The third-order valence-electron chi connectivity index (χ3n) is 3.91. The molecule has 1 aliphatic rings. The Morgan fingerprint density at radius 3 is 2.75 bits per heavy atom. The molecular weight excluding hydrogens is 254 g/mol. The minimum absolute atomic E-state index is 0.0673. The number of nitrogens with zero attached hydrogens (tertiary/aromatic N) is 3. The highest BCUT2D eigenvalue weighted by Crippen LogP contribution is 2.24. The van der Waals surface area contributed by atoms with Crippen molar-refractivity contribution in [3.05, 3.63) is 12.2 Å². The molecule has 0 bridgehead atoms. The molecule has 1 amide bonds. The molecule has 2 rings (SSSR count). The summed E-state index contributed by atoms with van der Waals surface area (Å²) in [4.78, 5) is 15.4. The van der Waals surface area contributed by atoms with Gasteiger partial charge >= 0.3 is 0 Å². The number of hydrogen-bond acceptors (Lipinski definition) is 4. The van der Waals surface area contributed by atoms with Gasteiger partial charge in [-0.3, -0.25) is 4.79 Å². The van der Waals surface area contributed by atoms with Crippen LogP contribution in [0.2, 0.25) is 0 Å². The van der Waals surface area contributed by atoms with Gasteiger partial charge in [0.25, 0.3) is 0 Å². The molecule has 0 unspecified atom stereocenters. The van der Waals surface area contributed by atoms with E-state index in [-0.39, 0.29) is 11.8 Å². The summed E-state index contributed by atoms with van der Waals surface area (Å²) in [6.07, 6.45) is 5.42. The van der Waals surface area contributed by atoms with Gasteiger partial charge in [0.05, 0.1) is 6.54 Å². The first-order valence-corrected chi connectivity index (χ1v) is 7.45. The summed E-state index contributed by atoms with van der Waals surface area (Å²) in [6, 6.07) is 0.454. The summed E-state index contributed by atoms with van der Waals surface area (Å²) in [5, 5.41) is 7.78. The highest BCUT2D eigenvalue weighted by Gasteiger charge is 2.24. The van der Waals surface area contributed by atoms with Crippen molar-refractivity contribution in [1.82, 2.24) is 20.1 Å². The fourth-order valence-electron chi connectivity index (χ4n) is 2.74. The average molecular weight is 279 g/mol. The van der Waals surface area contributed by atoms with Gasteiger partial charge < -0.3 is 11.1 Å². The molecule has 0 radical (unpaired) electrons. The van der Waals surface area contributed by atoms with Crippen LogP contribution >= 0.6 is 0 Å². The first kappa shape index (κ1) is 15.0. The Morgan fingerprint density at radius 2 is 2.15 bits per heavy atom. The molecule has 0 saturated heterocycles. The topological polar surface area (TPSA) is 85.8 Å². The second-order valence-corrected chi connectivity index (χ2v) is 6.08. The van der Waals surface area contributed by atoms with Gasteiger partial charge in [0.2, 0.25) is 5.91 Å². The lowest BCUT2D eigenvalue weighted by Crippen LogP contribution is -2.36. The monoisotopic (exact) mass is 279 g/mol. The Balaban J connectivity index is 1.79. The third-order valence-corrected chi connectivity index (χ3v) is 3.91. The van der Waals surface area contributed by atoms with E-state index in [0.717, 1.165) is 44.6 Å². The molecule has 0 spiro atoms. The van der Waals surface area contributed by atoms with Crippen LogP contribution in [0.3, 0.4) is 0 Å². The summed E-state index contributed by atoms with van der Waals surface area (Å²) in [7, 11) is 0. The van der Waals surface area contributed by atoms with E-state index in [1.54, 1.807) is 6.33 Å². The normalized spacial score (nSPS) is 23.1. The molecule has 0 aliphatic heterocycles. The van der Waals surface area contributed by atoms with Crippen LogP contribution in [0.15, 0.2) is 6.33 Å². The molecule has 6 nitrogen and oxygen atoms in total. The summed E-state index contributed by atoms with van der Waals surface area (Å²) in [6.45, 7) is 5.97. The number of hydrogen-bond donors (Lipinski definition) is 2. The number of nitrogens with two attached hydrogens (primary N) is 1. The molecule has 1 heterocycles. The van der Waals surface area contributed by atoms with E-state index in [9.17, 15) is 4.79 Å². The predicted octanol–water partition coefficient (Wildman–Crippen LogP) is 1.07. The van der Waals surface area contributed by atoms with Gasteiger partial charge in [-0.2, -0.15) is 5.10 Å². The molecule has 1 saturated carbocycles. The molecule has 3 N–H and O–H groups in total. The Hall–Kier alpha value is -1.43. The van der Waals surface area contributed by atoms with E-state index < -0.39 is 0 Å². The van der Waals surface area contributed by atoms with Crippen molar-refractivity contribution in [2.75, 3.05) is 0 Å². The summed E-state index contributed by atoms with van der Waals surface area (Å²) in [5.41, 5.74) is 5.35. The van der Waals surface area contributed by atoms with Gasteiger partial charge in [-0.15, -0.1) is 0 Å². The molecule has 6 heteroatoms. The molecule has 0 atom stereocenters. The Kier molecular flexibility index (Phi) is 5.11. The Morgan fingerprint density at radius 1 is 1.45 bits per heavy atom. The highest BCUT2D eigenvalue weighted by atomic mass is 16.1. The second kappa shape index (κ2) is 6.83. The molecule has 20 heavy (non-hydrogen) atoms. The highest BCUT2D eigenvalue weighted by molar-refractivity contribution is 5.76. The lowest BCUT2D eigenvalue weighted by molar-refractivity contribution is -0.122. The van der Waals surface area contributed by atoms with Crippen molar-refractivity contribution < 1.29 is 4.79 Å². The van der Waals surface area contributed by atoms with Crippen LogP contribution < -0.4 is 11.1 Å². The zero-order chi connectivity index (χ0) is 14.5. The number of primary amides is 1. The zero-order valence-corrected chi connectivity index (χ0v) is 12.4. The minimum atomic E-state index is -0.153. The Labute approximate surface area is 120 Å². The third kappa shape index (κ3) is 4.03. The number of aromatic nitrogens is 3. The number of rotatable bonds is 6. The zero-order valence-electron chi connectivity index (χ0n) is 12.4. The maximum absolute atomic E-state index is 11.1. The van der Waals surface area contributed by atoms with E-state index >= 15 is 0 Å². The summed E-state index contributed by atoms with van der Waals surface area (Å²) in [5.74, 6) is 1.45. The van der Waals surface area contributed by atoms with E-state index in [0.29, 0.717) is 12.0 Å². The van der Waals surface area contributed by atoms with Gasteiger partial charge in [0.15, 0.2) is 0 Å². The molecule has 1 aromatic heterocycles. The number of amides is 1. The van der Waals surface area contributed by atoms with Gasteiger partial charge in [-0.05, 0) is 31.6 Å². The minimum Gasteiger partial charge on any atom is -0.369 e. The first-order valence-electron chi connectivity index (χ1n) is 7.45. The van der Waals surface area contributed by atoms with E-state index in [1.165, 1.54) is 0 Å². The Bertz CT molecular complexity index is 435. The second-order valence-electron chi connectivity index (χ2n) is 6.08. The van der Waals surface area contributed by atoms with Crippen molar-refractivity contribution in [2.24, 2.45) is 17.6 Å². The van der Waals surface area contributed by atoms with Crippen molar-refractivity contribution >= 4 is 5.91 Å². The number of carbonyl (C=O) groups excluding carboxylic acids is 1. The molecule has 1 aromatic rings. The maximum Gasteiger partial charge on any atom is 0.220 e. The van der Waals surface area contributed by atoms with Crippen molar-refractivity contribution in [3.8, 4) is 0 Å². The van der Waals surface area contributed by atoms with Crippen LogP contribution in [0.25, 0.3) is 0 Å². The fraction of sp³-hybridized carbons (Fsp3) is 0.786. The fourth-order valence-corrected chi connectivity index (χ4v) is 2.74. The molecule has 1 aliphatic carbocycles. The first-order chi connectivity index (χ1) is 9.56. The van der Waals surface area contributed by atoms with Crippen LogP contribution in [0.4, 0.5) is 0 Å². The van der Waals surface area contributed by atoms with Crippen molar-refractivity contribution in [2.45, 2.75) is 58.7 Å². The van der Waals surface area contributed by atoms with E-state index in [1.807, 2.05) is 4.68 Å². The van der Waals surface area contributed by atoms with E-state index in [2.05, 4.69) is 29.2 Å². The van der Waals surface area contributed by atoms with Crippen LogP contribution in [0.5, 0.6) is 0 Å². The SMILES string of the molecule is CC(C)Cn1ncnc1CNC1CCC(C(N)=O)CC1. The van der Waals surface area contributed by atoms with Crippen LogP contribution in [-0.4, -0.2) is 26.7 Å². The lowest BCUT2D eigenvalue weighted by atomic mass is 9.85. The van der Waals surface area contributed by atoms with Gasteiger partial charge in [-0.1, -0.05) is 13.8 Å². The standard InChI is InChI=1S/C14H25N5O/c1-10(2)8-19-13(17-9-18-19)7-16-12-5-3-11(4-6-12)14(15)20/h9-12,16H,3-8H2,1-2H3,(H2,15,20). The largest absolute Gasteiger partial charge is 0.369 e. The van der Waals surface area contributed by atoms with Crippen LogP contribution in [-0.2, 0) is 17.9 Å². The number of nitrogens with one attached hydrogen (secondary N) is 1. The lowest BCUT2D eigenvalue weighted by Gasteiger charge is -2.27. The van der Waals surface area contributed by atoms with Crippen LogP contribution in [0, 0.1) is 11.8 Å². The molecule has 0 aromatic carbocycles. The van der Waals surface area contributed by atoms with Gasteiger partial charge in [-0.25, -0.2) is 9.67 Å². The molecule has 1 fully saturated rings. The van der Waals surface area contributed by atoms with E-state index in [4.69, 9.17) is 5.73 Å². The molecule has 112 valence electrons. The number of carbonyl (C=O) groups is 1. The average Bonchev–Trinajstić information content (AvgIpc) is 2.83. The molecular formula is C14H25N5O. The van der Waals surface area contributed by atoms with Gasteiger partial charge in [0, 0.05) is 18.5 Å².